The Hall–Kier alpha value is -0.700. The summed E-state index contributed by atoms with van der Waals surface area (Å²) in [6.45, 7) is 8.09. The van der Waals surface area contributed by atoms with E-state index in [4.69, 9.17) is 6.42 Å². The lowest BCUT2D eigenvalue weighted by Gasteiger charge is -2.21. The van der Waals surface area contributed by atoms with Crippen LogP contribution < -0.4 is 5.32 Å². The Bertz CT molecular complexity index is 269. The van der Waals surface area contributed by atoms with Crippen LogP contribution in [0.2, 0.25) is 0 Å². The van der Waals surface area contributed by atoms with Crippen LogP contribution in [-0.2, 0) is 0 Å². The van der Waals surface area contributed by atoms with E-state index in [1.807, 2.05) is 13.1 Å². The average Bonchev–Trinajstić information content (AvgIpc) is 2.34. The minimum absolute atomic E-state index is 0. The summed E-state index contributed by atoms with van der Waals surface area (Å²) in [6.07, 6.45) is 11.9. The van der Waals surface area contributed by atoms with Crippen LogP contribution in [0.3, 0.4) is 0 Å². The number of hydrogen-bond acceptors (Lipinski definition) is 1. The fourth-order valence-electron chi connectivity index (χ4n) is 1.51. The molecule has 0 heterocycles. The van der Waals surface area contributed by atoms with Gasteiger partial charge in [0.1, 0.15) is 6.54 Å². The summed E-state index contributed by atoms with van der Waals surface area (Å²) in [5, 5.41) is 3.23. The van der Waals surface area contributed by atoms with Crippen molar-refractivity contribution in [3.05, 3.63) is 12.7 Å². The zero-order valence-corrected chi connectivity index (χ0v) is 13.9. The Morgan fingerprint density at radius 3 is 2.72 bits per heavy atom. The lowest BCUT2D eigenvalue weighted by atomic mass is 10.2. The lowest BCUT2D eigenvalue weighted by molar-refractivity contribution is 0.456. The van der Waals surface area contributed by atoms with Crippen molar-refractivity contribution in [2.45, 2.75) is 32.6 Å². The van der Waals surface area contributed by atoms with Crippen LogP contribution in [-0.4, -0.2) is 37.5 Å². The first kappa shape index (κ1) is 19.6. The zero-order chi connectivity index (χ0) is 12.9. The highest BCUT2D eigenvalue weighted by Crippen LogP contribution is 2.01. The van der Waals surface area contributed by atoms with Crippen molar-refractivity contribution < 1.29 is 0 Å². The van der Waals surface area contributed by atoms with Crippen molar-refractivity contribution in [1.82, 2.24) is 10.2 Å². The molecule has 0 bridgehead atoms. The summed E-state index contributed by atoms with van der Waals surface area (Å²) in [5.74, 6) is 3.43. The molecule has 0 radical (unpaired) electrons. The summed E-state index contributed by atoms with van der Waals surface area (Å²) < 4.78 is 0. The molecule has 0 aliphatic heterocycles. The number of terminal acetylenes is 1. The molecule has 0 aromatic carbocycles. The second-order valence-electron chi connectivity index (χ2n) is 3.93. The molecule has 0 aliphatic rings. The van der Waals surface area contributed by atoms with Crippen molar-refractivity contribution in [3.63, 3.8) is 0 Å². The third kappa shape index (κ3) is 10.5. The first-order chi connectivity index (χ1) is 8.26. The summed E-state index contributed by atoms with van der Waals surface area (Å²) in [5.41, 5.74) is 0. The number of unbranched alkanes of at least 4 members (excludes halogenated alkanes) is 3. The Morgan fingerprint density at radius 1 is 1.44 bits per heavy atom. The highest BCUT2D eigenvalue weighted by Gasteiger charge is 2.03. The van der Waals surface area contributed by atoms with E-state index < -0.39 is 0 Å². The van der Waals surface area contributed by atoms with Crippen molar-refractivity contribution in [2.24, 2.45) is 4.99 Å². The second kappa shape index (κ2) is 14.4. The van der Waals surface area contributed by atoms with Gasteiger partial charge in [-0.15, -0.1) is 37.0 Å². The second-order valence-corrected chi connectivity index (χ2v) is 3.93. The van der Waals surface area contributed by atoms with E-state index in [1.54, 1.807) is 0 Å². The predicted octanol–water partition coefficient (Wildman–Crippen LogP) is 2.88. The van der Waals surface area contributed by atoms with E-state index >= 15 is 0 Å². The van der Waals surface area contributed by atoms with E-state index in [2.05, 4.69) is 34.6 Å². The summed E-state index contributed by atoms with van der Waals surface area (Å²) in [4.78, 5) is 6.46. The molecule has 0 fully saturated rings. The Kier molecular flexibility index (Phi) is 15.7. The SMILES string of the molecule is C#CCN=C(NCC)N(C)CCCCCC=C.I. The number of nitrogens with one attached hydrogen (secondary N) is 1. The van der Waals surface area contributed by atoms with E-state index in [-0.39, 0.29) is 24.0 Å². The molecule has 0 aromatic rings. The molecule has 0 amide bonds. The van der Waals surface area contributed by atoms with Crippen LogP contribution in [0.4, 0.5) is 0 Å². The van der Waals surface area contributed by atoms with Crippen molar-refractivity contribution in [1.29, 1.82) is 0 Å². The quantitative estimate of drug-likeness (QED) is 0.179. The highest BCUT2D eigenvalue weighted by atomic mass is 127. The Morgan fingerprint density at radius 2 is 2.17 bits per heavy atom. The third-order valence-electron chi connectivity index (χ3n) is 2.42. The maximum absolute atomic E-state index is 5.22. The number of nitrogens with zero attached hydrogens (tertiary/aromatic N) is 2. The van der Waals surface area contributed by atoms with Crippen LogP contribution >= 0.6 is 24.0 Å². The molecule has 0 atom stereocenters. The van der Waals surface area contributed by atoms with Gasteiger partial charge in [-0.2, -0.15) is 0 Å². The van der Waals surface area contributed by atoms with Crippen molar-refractivity contribution in [2.75, 3.05) is 26.7 Å². The first-order valence-electron chi connectivity index (χ1n) is 6.30. The molecular weight excluding hydrogens is 337 g/mol. The van der Waals surface area contributed by atoms with E-state index in [0.29, 0.717) is 6.54 Å². The summed E-state index contributed by atoms with van der Waals surface area (Å²) in [6, 6.07) is 0. The van der Waals surface area contributed by atoms with Crippen LogP contribution in [0.5, 0.6) is 0 Å². The number of aliphatic imine (C=N–C) groups is 1. The Balaban J connectivity index is 0. The molecule has 1 N–H and O–H groups in total. The minimum Gasteiger partial charge on any atom is -0.356 e. The van der Waals surface area contributed by atoms with Gasteiger partial charge in [-0.3, -0.25) is 0 Å². The zero-order valence-electron chi connectivity index (χ0n) is 11.6. The molecule has 0 saturated heterocycles. The molecule has 0 unspecified atom stereocenters. The number of allylic oxidation sites excluding steroid dienone is 1. The molecule has 3 nitrogen and oxygen atoms in total. The van der Waals surface area contributed by atoms with Gasteiger partial charge in [-0.1, -0.05) is 18.4 Å². The van der Waals surface area contributed by atoms with Gasteiger partial charge < -0.3 is 10.2 Å². The standard InChI is InChI=1S/C14H25N3.HI/c1-5-8-9-10-11-13-17(4)14(15-7-3)16-12-6-2;/h2,5H,1,7-13H2,3-4H3,(H,15,16);1H. The van der Waals surface area contributed by atoms with Gasteiger partial charge in [0, 0.05) is 20.1 Å². The number of hydrogen-bond donors (Lipinski definition) is 1. The van der Waals surface area contributed by atoms with Crippen LogP contribution in [0, 0.1) is 12.3 Å². The normalized spacial score (nSPS) is 10.2. The van der Waals surface area contributed by atoms with Crippen LogP contribution in [0.1, 0.15) is 32.6 Å². The highest BCUT2D eigenvalue weighted by molar-refractivity contribution is 14.0. The summed E-state index contributed by atoms with van der Waals surface area (Å²) >= 11 is 0. The Labute approximate surface area is 129 Å². The maximum Gasteiger partial charge on any atom is 0.194 e. The first-order valence-corrected chi connectivity index (χ1v) is 6.30. The fourth-order valence-corrected chi connectivity index (χ4v) is 1.51. The van der Waals surface area contributed by atoms with Gasteiger partial charge in [0.25, 0.3) is 0 Å². The molecular formula is C14H26IN3. The lowest BCUT2D eigenvalue weighted by Crippen LogP contribution is -2.39. The molecule has 0 spiro atoms. The number of rotatable bonds is 8. The smallest absolute Gasteiger partial charge is 0.194 e. The number of halogens is 1. The summed E-state index contributed by atoms with van der Waals surface area (Å²) in [7, 11) is 2.05. The van der Waals surface area contributed by atoms with Gasteiger partial charge in [0.05, 0.1) is 0 Å². The molecule has 4 heteroatoms. The van der Waals surface area contributed by atoms with E-state index in [0.717, 1.165) is 25.5 Å². The largest absolute Gasteiger partial charge is 0.356 e. The van der Waals surface area contributed by atoms with Gasteiger partial charge in [-0.25, -0.2) is 4.99 Å². The van der Waals surface area contributed by atoms with Crippen LogP contribution in [0.15, 0.2) is 17.6 Å². The van der Waals surface area contributed by atoms with Gasteiger partial charge in [-0.05, 0) is 26.2 Å². The van der Waals surface area contributed by atoms with Crippen molar-refractivity contribution >= 4 is 29.9 Å². The topological polar surface area (TPSA) is 27.6 Å². The third-order valence-corrected chi connectivity index (χ3v) is 2.42. The van der Waals surface area contributed by atoms with Gasteiger partial charge in [0.2, 0.25) is 0 Å². The van der Waals surface area contributed by atoms with Crippen molar-refractivity contribution in [3.8, 4) is 12.3 Å². The average molecular weight is 363 g/mol. The monoisotopic (exact) mass is 363 g/mol. The van der Waals surface area contributed by atoms with E-state index in [9.17, 15) is 0 Å². The van der Waals surface area contributed by atoms with Crippen LogP contribution in [0.25, 0.3) is 0 Å². The van der Waals surface area contributed by atoms with Gasteiger partial charge in [0.15, 0.2) is 5.96 Å². The molecule has 0 saturated carbocycles. The minimum atomic E-state index is 0. The number of guanidine groups is 1. The molecule has 0 aromatic heterocycles. The molecule has 0 aliphatic carbocycles. The molecule has 104 valence electrons. The fraction of sp³-hybridized carbons (Fsp3) is 0.643. The predicted molar refractivity (Wildman–Crippen MR) is 91.5 cm³/mol. The van der Waals surface area contributed by atoms with Gasteiger partial charge >= 0.3 is 0 Å². The maximum atomic E-state index is 5.22. The van der Waals surface area contributed by atoms with E-state index in [1.165, 1.54) is 19.3 Å². The molecule has 18 heavy (non-hydrogen) atoms. The molecule has 0 rings (SSSR count).